The number of aryl methyl sites for hydroxylation is 2. The Hall–Kier alpha value is -2.21. The second-order valence-electron chi connectivity index (χ2n) is 4.31. The topological polar surface area (TPSA) is 59.8 Å². The highest BCUT2D eigenvalue weighted by molar-refractivity contribution is 7.22. The van der Waals surface area contributed by atoms with Gasteiger partial charge in [-0.3, -0.25) is 10.1 Å². The molecule has 0 spiro atoms. The van der Waals surface area contributed by atoms with Crippen LogP contribution in [0.4, 0.5) is 5.13 Å². The number of aromatic nitrogens is 3. The molecule has 0 unspecified atom stereocenters. The maximum Gasteiger partial charge on any atom is 0.293 e. The van der Waals surface area contributed by atoms with Crippen molar-refractivity contribution in [1.29, 1.82) is 0 Å². The maximum absolute atomic E-state index is 12.0. The molecule has 2 aromatic heterocycles. The standard InChI is InChI=1S/C13H12N4OS/c1-8-3-4-9-10(7-8)19-13(15-9)16-12(18)11-14-5-6-17(11)2/h3-7H,1-2H3,(H,15,16,18). The first-order valence-corrected chi connectivity index (χ1v) is 6.61. The first kappa shape index (κ1) is 11.9. The van der Waals surface area contributed by atoms with E-state index in [0.29, 0.717) is 11.0 Å². The van der Waals surface area contributed by atoms with Crippen molar-refractivity contribution in [3.63, 3.8) is 0 Å². The molecule has 19 heavy (non-hydrogen) atoms. The predicted octanol–water partition coefficient (Wildman–Crippen LogP) is 2.59. The molecule has 1 amide bonds. The second kappa shape index (κ2) is 4.47. The third-order valence-corrected chi connectivity index (χ3v) is 3.72. The van der Waals surface area contributed by atoms with Crippen LogP contribution in [-0.2, 0) is 7.05 Å². The molecule has 5 nitrogen and oxygen atoms in total. The molecule has 1 aromatic carbocycles. The lowest BCUT2D eigenvalue weighted by atomic mass is 10.2. The molecule has 0 bridgehead atoms. The molecule has 0 radical (unpaired) electrons. The summed E-state index contributed by atoms with van der Waals surface area (Å²) in [5.74, 6) is 0.124. The number of nitrogens with one attached hydrogen (secondary N) is 1. The van der Waals surface area contributed by atoms with E-state index in [1.165, 1.54) is 16.9 Å². The fourth-order valence-electron chi connectivity index (χ4n) is 1.82. The van der Waals surface area contributed by atoms with Crippen LogP contribution in [0, 0.1) is 6.92 Å². The van der Waals surface area contributed by atoms with Gasteiger partial charge < -0.3 is 4.57 Å². The smallest absolute Gasteiger partial charge is 0.293 e. The van der Waals surface area contributed by atoms with E-state index in [1.807, 2.05) is 19.1 Å². The molecule has 6 heteroatoms. The van der Waals surface area contributed by atoms with E-state index in [4.69, 9.17) is 0 Å². The number of thiazole rings is 1. The zero-order valence-electron chi connectivity index (χ0n) is 10.5. The molecule has 0 aliphatic carbocycles. The Balaban J connectivity index is 1.89. The lowest BCUT2D eigenvalue weighted by molar-refractivity contribution is 0.101. The minimum atomic E-state index is -0.247. The highest BCUT2D eigenvalue weighted by Crippen LogP contribution is 2.26. The number of benzene rings is 1. The van der Waals surface area contributed by atoms with Crippen LogP contribution in [0.25, 0.3) is 10.2 Å². The largest absolute Gasteiger partial charge is 0.330 e. The predicted molar refractivity (Wildman–Crippen MR) is 75.5 cm³/mol. The number of nitrogens with zero attached hydrogens (tertiary/aromatic N) is 3. The van der Waals surface area contributed by atoms with Gasteiger partial charge in [0.1, 0.15) is 0 Å². The van der Waals surface area contributed by atoms with Gasteiger partial charge in [0.25, 0.3) is 5.91 Å². The van der Waals surface area contributed by atoms with Crippen molar-refractivity contribution < 1.29 is 4.79 Å². The summed E-state index contributed by atoms with van der Waals surface area (Å²) < 4.78 is 2.74. The molecule has 3 aromatic rings. The minimum absolute atomic E-state index is 0.247. The first-order chi connectivity index (χ1) is 9.13. The number of hydrogen-bond acceptors (Lipinski definition) is 4. The second-order valence-corrected chi connectivity index (χ2v) is 5.34. The summed E-state index contributed by atoms with van der Waals surface area (Å²) in [5, 5.41) is 3.37. The van der Waals surface area contributed by atoms with Crippen molar-refractivity contribution in [3.8, 4) is 0 Å². The van der Waals surface area contributed by atoms with Gasteiger partial charge in [-0.25, -0.2) is 9.97 Å². The molecule has 1 N–H and O–H groups in total. The van der Waals surface area contributed by atoms with Crippen LogP contribution in [0.1, 0.15) is 16.2 Å². The summed E-state index contributed by atoms with van der Waals surface area (Å²) in [4.78, 5) is 20.4. The summed E-state index contributed by atoms with van der Waals surface area (Å²) in [6.07, 6.45) is 3.33. The monoisotopic (exact) mass is 272 g/mol. The van der Waals surface area contributed by atoms with Gasteiger partial charge >= 0.3 is 0 Å². The Morgan fingerprint density at radius 2 is 2.26 bits per heavy atom. The normalized spacial score (nSPS) is 10.8. The van der Waals surface area contributed by atoms with Crippen LogP contribution in [-0.4, -0.2) is 20.4 Å². The number of hydrogen-bond donors (Lipinski definition) is 1. The number of rotatable bonds is 2. The summed E-state index contributed by atoms with van der Waals surface area (Å²) in [6, 6.07) is 6.02. The van der Waals surface area contributed by atoms with Crippen LogP contribution in [0.5, 0.6) is 0 Å². The third-order valence-electron chi connectivity index (χ3n) is 2.79. The number of fused-ring (bicyclic) bond motifs is 1. The Morgan fingerprint density at radius 3 is 3.00 bits per heavy atom. The number of imidazole rings is 1. The van der Waals surface area contributed by atoms with Crippen molar-refractivity contribution in [1.82, 2.24) is 14.5 Å². The molecular weight excluding hydrogens is 260 g/mol. The van der Waals surface area contributed by atoms with Gasteiger partial charge in [0, 0.05) is 19.4 Å². The molecular formula is C13H12N4OS. The minimum Gasteiger partial charge on any atom is -0.330 e. The Labute approximate surface area is 113 Å². The summed E-state index contributed by atoms with van der Waals surface area (Å²) in [5.41, 5.74) is 2.07. The molecule has 0 aliphatic heterocycles. The average Bonchev–Trinajstić information content (AvgIpc) is 2.94. The van der Waals surface area contributed by atoms with Gasteiger partial charge in [0.15, 0.2) is 11.0 Å². The molecule has 0 aliphatic rings. The van der Waals surface area contributed by atoms with E-state index in [1.54, 1.807) is 24.0 Å². The zero-order valence-corrected chi connectivity index (χ0v) is 11.4. The Bertz CT molecular complexity index is 759. The lowest BCUT2D eigenvalue weighted by Crippen LogP contribution is -2.16. The Kier molecular flexibility index (Phi) is 2.79. The van der Waals surface area contributed by atoms with Crippen LogP contribution in [0.15, 0.2) is 30.6 Å². The van der Waals surface area contributed by atoms with Gasteiger partial charge in [-0.1, -0.05) is 17.4 Å². The van der Waals surface area contributed by atoms with Crippen molar-refractivity contribution in [2.45, 2.75) is 6.92 Å². The molecule has 0 atom stereocenters. The van der Waals surface area contributed by atoms with E-state index >= 15 is 0 Å². The van der Waals surface area contributed by atoms with E-state index in [9.17, 15) is 4.79 Å². The third kappa shape index (κ3) is 2.22. The summed E-state index contributed by atoms with van der Waals surface area (Å²) in [6.45, 7) is 2.03. The summed E-state index contributed by atoms with van der Waals surface area (Å²) >= 11 is 1.46. The van der Waals surface area contributed by atoms with Gasteiger partial charge in [-0.2, -0.15) is 0 Å². The van der Waals surface area contributed by atoms with E-state index < -0.39 is 0 Å². The highest BCUT2D eigenvalue weighted by Gasteiger charge is 2.13. The Morgan fingerprint density at radius 1 is 1.42 bits per heavy atom. The SMILES string of the molecule is Cc1ccc2nc(NC(=O)c3nccn3C)sc2c1. The van der Waals surface area contributed by atoms with E-state index in [0.717, 1.165) is 10.2 Å². The van der Waals surface area contributed by atoms with Crippen molar-refractivity contribution >= 4 is 32.6 Å². The van der Waals surface area contributed by atoms with Crippen molar-refractivity contribution in [2.24, 2.45) is 7.05 Å². The van der Waals surface area contributed by atoms with Gasteiger partial charge in [-0.15, -0.1) is 0 Å². The van der Waals surface area contributed by atoms with Gasteiger partial charge in [0.05, 0.1) is 10.2 Å². The van der Waals surface area contributed by atoms with E-state index in [2.05, 4.69) is 21.4 Å². The first-order valence-electron chi connectivity index (χ1n) is 5.79. The molecule has 0 fully saturated rings. The van der Waals surface area contributed by atoms with Gasteiger partial charge in [-0.05, 0) is 24.6 Å². The molecule has 3 rings (SSSR count). The van der Waals surface area contributed by atoms with Crippen LogP contribution in [0.2, 0.25) is 0 Å². The number of amides is 1. The van der Waals surface area contributed by atoms with Crippen molar-refractivity contribution in [2.75, 3.05) is 5.32 Å². The van der Waals surface area contributed by atoms with Crippen LogP contribution >= 0.6 is 11.3 Å². The van der Waals surface area contributed by atoms with E-state index in [-0.39, 0.29) is 5.91 Å². The zero-order chi connectivity index (χ0) is 13.4. The van der Waals surface area contributed by atoms with Crippen LogP contribution in [0.3, 0.4) is 0 Å². The molecule has 96 valence electrons. The number of anilines is 1. The average molecular weight is 272 g/mol. The highest BCUT2D eigenvalue weighted by atomic mass is 32.1. The summed E-state index contributed by atoms with van der Waals surface area (Å²) in [7, 11) is 1.78. The fraction of sp³-hybridized carbons (Fsp3) is 0.154. The molecule has 2 heterocycles. The molecule has 0 saturated heterocycles. The number of carbonyl (C=O) groups excluding carboxylic acids is 1. The lowest BCUT2D eigenvalue weighted by Gasteiger charge is -2.00. The fourth-order valence-corrected chi connectivity index (χ4v) is 2.78. The molecule has 0 saturated carbocycles. The van der Waals surface area contributed by atoms with Crippen molar-refractivity contribution in [3.05, 3.63) is 42.0 Å². The quantitative estimate of drug-likeness (QED) is 0.780. The van der Waals surface area contributed by atoms with Gasteiger partial charge in [0.2, 0.25) is 0 Å². The maximum atomic E-state index is 12.0. The van der Waals surface area contributed by atoms with Crippen LogP contribution < -0.4 is 5.32 Å². The number of carbonyl (C=O) groups is 1.